The van der Waals surface area contributed by atoms with Gasteiger partial charge in [0.2, 0.25) is 5.91 Å². The first-order chi connectivity index (χ1) is 10.7. The number of benzene rings is 2. The molecule has 0 aromatic heterocycles. The summed E-state index contributed by atoms with van der Waals surface area (Å²) < 4.78 is 0. The van der Waals surface area contributed by atoms with Crippen molar-refractivity contribution in [1.82, 2.24) is 4.90 Å². The summed E-state index contributed by atoms with van der Waals surface area (Å²) in [6.45, 7) is 1.42. The Bertz CT molecular complexity index is 682. The molecule has 0 saturated carbocycles. The first-order valence-corrected chi connectivity index (χ1v) is 7.45. The standard InChI is InChI=1S/C18H18N2O2/c21-17-10-5-11-20(17)13-14-6-4-9-16(12-14)19-18(22)15-7-2-1-3-8-15/h1-4,6-9,12H,5,10-11,13H2,(H,19,22). The normalized spacial score (nSPS) is 14.2. The molecule has 1 fully saturated rings. The molecule has 0 aliphatic carbocycles. The molecule has 1 aliphatic heterocycles. The predicted molar refractivity (Wildman–Crippen MR) is 85.5 cm³/mol. The lowest BCUT2D eigenvalue weighted by molar-refractivity contribution is -0.128. The Morgan fingerprint density at radius 1 is 1.09 bits per heavy atom. The van der Waals surface area contributed by atoms with E-state index in [1.807, 2.05) is 47.4 Å². The third-order valence-electron chi connectivity index (χ3n) is 3.77. The van der Waals surface area contributed by atoms with Crippen LogP contribution >= 0.6 is 0 Å². The van der Waals surface area contributed by atoms with E-state index in [-0.39, 0.29) is 11.8 Å². The van der Waals surface area contributed by atoms with Crippen molar-refractivity contribution in [1.29, 1.82) is 0 Å². The molecule has 4 nitrogen and oxygen atoms in total. The molecule has 3 rings (SSSR count). The van der Waals surface area contributed by atoms with Crippen LogP contribution in [0.15, 0.2) is 54.6 Å². The monoisotopic (exact) mass is 294 g/mol. The van der Waals surface area contributed by atoms with Gasteiger partial charge in [-0.05, 0) is 36.2 Å². The van der Waals surface area contributed by atoms with E-state index in [2.05, 4.69) is 5.32 Å². The Kier molecular flexibility index (Phi) is 4.19. The number of carbonyl (C=O) groups is 2. The zero-order valence-corrected chi connectivity index (χ0v) is 12.3. The van der Waals surface area contributed by atoms with E-state index < -0.39 is 0 Å². The number of rotatable bonds is 4. The third-order valence-corrected chi connectivity index (χ3v) is 3.77. The Hall–Kier alpha value is -2.62. The highest BCUT2D eigenvalue weighted by atomic mass is 16.2. The fourth-order valence-corrected chi connectivity index (χ4v) is 2.63. The molecule has 22 heavy (non-hydrogen) atoms. The summed E-state index contributed by atoms with van der Waals surface area (Å²) in [6, 6.07) is 16.8. The number of anilines is 1. The van der Waals surface area contributed by atoms with Crippen molar-refractivity contribution in [3.63, 3.8) is 0 Å². The fourth-order valence-electron chi connectivity index (χ4n) is 2.63. The molecule has 2 aromatic carbocycles. The van der Waals surface area contributed by atoms with E-state index >= 15 is 0 Å². The van der Waals surface area contributed by atoms with Crippen LogP contribution in [0, 0.1) is 0 Å². The third kappa shape index (κ3) is 3.34. The van der Waals surface area contributed by atoms with Crippen molar-refractivity contribution in [2.75, 3.05) is 11.9 Å². The maximum Gasteiger partial charge on any atom is 0.255 e. The summed E-state index contributed by atoms with van der Waals surface area (Å²) in [5.41, 5.74) is 2.40. The summed E-state index contributed by atoms with van der Waals surface area (Å²) >= 11 is 0. The van der Waals surface area contributed by atoms with Crippen LogP contribution in [0.2, 0.25) is 0 Å². The average molecular weight is 294 g/mol. The first-order valence-electron chi connectivity index (χ1n) is 7.45. The molecular formula is C18H18N2O2. The van der Waals surface area contributed by atoms with Gasteiger partial charge in [0.15, 0.2) is 0 Å². The van der Waals surface area contributed by atoms with Crippen molar-refractivity contribution >= 4 is 17.5 Å². The molecular weight excluding hydrogens is 276 g/mol. The predicted octanol–water partition coefficient (Wildman–Crippen LogP) is 3.06. The van der Waals surface area contributed by atoms with E-state index in [4.69, 9.17) is 0 Å². The molecule has 4 heteroatoms. The molecule has 0 bridgehead atoms. The number of hydrogen-bond acceptors (Lipinski definition) is 2. The van der Waals surface area contributed by atoms with Crippen LogP contribution in [-0.2, 0) is 11.3 Å². The second kappa shape index (κ2) is 6.43. The molecule has 0 spiro atoms. The first kappa shape index (κ1) is 14.3. The summed E-state index contributed by atoms with van der Waals surface area (Å²) in [7, 11) is 0. The van der Waals surface area contributed by atoms with Crippen molar-refractivity contribution in [3.05, 3.63) is 65.7 Å². The lowest BCUT2D eigenvalue weighted by Crippen LogP contribution is -2.23. The van der Waals surface area contributed by atoms with Crippen molar-refractivity contribution in [2.45, 2.75) is 19.4 Å². The fraction of sp³-hybridized carbons (Fsp3) is 0.222. The van der Waals surface area contributed by atoms with Gasteiger partial charge in [-0.2, -0.15) is 0 Å². The quantitative estimate of drug-likeness (QED) is 0.942. The Morgan fingerprint density at radius 3 is 2.64 bits per heavy atom. The van der Waals surface area contributed by atoms with Crippen molar-refractivity contribution in [3.8, 4) is 0 Å². The molecule has 0 unspecified atom stereocenters. The molecule has 112 valence electrons. The Balaban J connectivity index is 1.68. The molecule has 1 N–H and O–H groups in total. The largest absolute Gasteiger partial charge is 0.338 e. The lowest BCUT2D eigenvalue weighted by Gasteiger charge is -2.16. The van der Waals surface area contributed by atoms with E-state index in [0.29, 0.717) is 18.5 Å². The van der Waals surface area contributed by atoms with Crippen LogP contribution in [0.25, 0.3) is 0 Å². The molecule has 1 aliphatic rings. The van der Waals surface area contributed by atoms with Gasteiger partial charge in [-0.1, -0.05) is 30.3 Å². The second-order valence-electron chi connectivity index (χ2n) is 5.44. The van der Waals surface area contributed by atoms with Gasteiger partial charge in [0.25, 0.3) is 5.91 Å². The summed E-state index contributed by atoms with van der Waals surface area (Å²) in [4.78, 5) is 25.7. The van der Waals surface area contributed by atoms with E-state index in [1.54, 1.807) is 12.1 Å². The molecule has 0 radical (unpaired) electrons. The van der Waals surface area contributed by atoms with Gasteiger partial charge in [-0.25, -0.2) is 0 Å². The number of hydrogen-bond donors (Lipinski definition) is 1. The van der Waals surface area contributed by atoms with Crippen molar-refractivity contribution < 1.29 is 9.59 Å². The number of carbonyl (C=O) groups excluding carboxylic acids is 2. The second-order valence-corrected chi connectivity index (χ2v) is 5.44. The molecule has 1 heterocycles. The zero-order chi connectivity index (χ0) is 15.4. The van der Waals surface area contributed by atoms with Gasteiger partial charge in [-0.3, -0.25) is 9.59 Å². The molecule has 2 amide bonds. The lowest BCUT2D eigenvalue weighted by atomic mass is 10.1. The van der Waals surface area contributed by atoms with E-state index in [0.717, 1.165) is 24.2 Å². The van der Waals surface area contributed by atoms with Crippen molar-refractivity contribution in [2.24, 2.45) is 0 Å². The summed E-state index contributed by atoms with van der Waals surface area (Å²) in [5, 5.41) is 2.89. The van der Waals surface area contributed by atoms with Gasteiger partial charge in [0.05, 0.1) is 0 Å². The highest BCUT2D eigenvalue weighted by Crippen LogP contribution is 2.17. The van der Waals surface area contributed by atoms with E-state index in [1.165, 1.54) is 0 Å². The van der Waals surface area contributed by atoms with Crippen LogP contribution in [-0.4, -0.2) is 23.3 Å². The number of nitrogens with one attached hydrogen (secondary N) is 1. The van der Waals surface area contributed by atoms with Crippen LogP contribution in [0.3, 0.4) is 0 Å². The minimum atomic E-state index is -0.130. The molecule has 1 saturated heterocycles. The number of nitrogens with zero attached hydrogens (tertiary/aromatic N) is 1. The number of likely N-dealkylation sites (tertiary alicyclic amines) is 1. The Morgan fingerprint density at radius 2 is 1.91 bits per heavy atom. The van der Waals surface area contributed by atoms with Gasteiger partial charge in [0, 0.05) is 30.8 Å². The zero-order valence-electron chi connectivity index (χ0n) is 12.3. The highest BCUT2D eigenvalue weighted by molar-refractivity contribution is 6.04. The van der Waals surface area contributed by atoms with Gasteiger partial charge < -0.3 is 10.2 Å². The maximum absolute atomic E-state index is 12.1. The van der Waals surface area contributed by atoms with E-state index in [9.17, 15) is 9.59 Å². The average Bonchev–Trinajstić information content (AvgIpc) is 2.94. The summed E-state index contributed by atoms with van der Waals surface area (Å²) in [6.07, 6.45) is 1.58. The minimum Gasteiger partial charge on any atom is -0.338 e. The van der Waals surface area contributed by atoms with Crippen LogP contribution < -0.4 is 5.32 Å². The van der Waals surface area contributed by atoms with Crippen LogP contribution in [0.5, 0.6) is 0 Å². The maximum atomic E-state index is 12.1. The van der Waals surface area contributed by atoms with Crippen LogP contribution in [0.1, 0.15) is 28.8 Å². The molecule has 2 aromatic rings. The van der Waals surface area contributed by atoms with Gasteiger partial charge in [-0.15, -0.1) is 0 Å². The summed E-state index contributed by atoms with van der Waals surface area (Å²) in [5.74, 6) is 0.0775. The molecule has 0 atom stereocenters. The smallest absolute Gasteiger partial charge is 0.255 e. The van der Waals surface area contributed by atoms with Crippen LogP contribution in [0.4, 0.5) is 5.69 Å². The van der Waals surface area contributed by atoms with Gasteiger partial charge in [0.1, 0.15) is 0 Å². The van der Waals surface area contributed by atoms with Gasteiger partial charge >= 0.3 is 0 Å². The number of amides is 2. The minimum absolute atomic E-state index is 0.130. The Labute approximate surface area is 129 Å². The SMILES string of the molecule is O=C(Nc1cccc(CN2CCCC2=O)c1)c1ccccc1. The topological polar surface area (TPSA) is 49.4 Å². The highest BCUT2D eigenvalue weighted by Gasteiger charge is 2.20.